The second-order valence-corrected chi connectivity index (χ2v) is 2.66. The van der Waals surface area contributed by atoms with Crippen molar-refractivity contribution in [2.75, 3.05) is 13.2 Å². The molecule has 12 heavy (non-hydrogen) atoms. The van der Waals surface area contributed by atoms with Gasteiger partial charge in [-0.2, -0.15) is 4.98 Å². The molecule has 0 aliphatic heterocycles. The lowest BCUT2D eigenvalue weighted by Crippen LogP contribution is -2.09. The monoisotopic (exact) mass is 171 g/mol. The largest absolute Gasteiger partial charge is 0.396 e. The van der Waals surface area contributed by atoms with Crippen molar-refractivity contribution in [3.8, 4) is 0 Å². The SMILES string of the molecule is CC(CN)c1nc(CCO)no1. The van der Waals surface area contributed by atoms with E-state index in [1.807, 2.05) is 6.92 Å². The molecule has 0 aliphatic carbocycles. The van der Waals surface area contributed by atoms with Gasteiger partial charge in [0.05, 0.1) is 6.61 Å². The summed E-state index contributed by atoms with van der Waals surface area (Å²) in [6.45, 7) is 2.44. The normalized spacial score (nSPS) is 13.2. The van der Waals surface area contributed by atoms with Crippen LogP contribution in [0.25, 0.3) is 0 Å². The zero-order chi connectivity index (χ0) is 8.97. The molecule has 5 nitrogen and oxygen atoms in total. The van der Waals surface area contributed by atoms with E-state index < -0.39 is 0 Å². The quantitative estimate of drug-likeness (QED) is 0.647. The van der Waals surface area contributed by atoms with Gasteiger partial charge in [-0.3, -0.25) is 0 Å². The molecule has 1 atom stereocenters. The highest BCUT2D eigenvalue weighted by Gasteiger charge is 2.11. The number of aromatic nitrogens is 2. The highest BCUT2D eigenvalue weighted by Crippen LogP contribution is 2.10. The number of hydrogen-bond donors (Lipinski definition) is 2. The summed E-state index contributed by atoms with van der Waals surface area (Å²) in [5.74, 6) is 1.17. The molecule has 5 heteroatoms. The molecule has 0 saturated heterocycles. The topological polar surface area (TPSA) is 85.2 Å². The van der Waals surface area contributed by atoms with Crippen molar-refractivity contribution < 1.29 is 9.63 Å². The summed E-state index contributed by atoms with van der Waals surface area (Å²) in [7, 11) is 0. The minimum atomic E-state index is 0.0377. The van der Waals surface area contributed by atoms with Crippen molar-refractivity contribution in [3.05, 3.63) is 11.7 Å². The molecule has 0 aliphatic rings. The van der Waals surface area contributed by atoms with Gasteiger partial charge in [0, 0.05) is 18.9 Å². The maximum Gasteiger partial charge on any atom is 0.230 e. The third-order valence-corrected chi connectivity index (χ3v) is 1.59. The van der Waals surface area contributed by atoms with Crippen molar-refractivity contribution in [1.29, 1.82) is 0 Å². The van der Waals surface area contributed by atoms with Crippen molar-refractivity contribution >= 4 is 0 Å². The van der Waals surface area contributed by atoms with E-state index in [-0.39, 0.29) is 12.5 Å². The van der Waals surface area contributed by atoms with Gasteiger partial charge in [0.2, 0.25) is 5.89 Å². The molecule has 0 aromatic carbocycles. The van der Waals surface area contributed by atoms with Gasteiger partial charge in [0.25, 0.3) is 0 Å². The Bertz CT molecular complexity index is 236. The number of rotatable bonds is 4. The lowest BCUT2D eigenvalue weighted by Gasteiger charge is -1.98. The second kappa shape index (κ2) is 4.18. The molecule has 0 amide bonds. The molecule has 0 fully saturated rings. The Morgan fingerprint density at radius 2 is 2.42 bits per heavy atom. The zero-order valence-corrected chi connectivity index (χ0v) is 7.03. The van der Waals surface area contributed by atoms with Crippen LogP contribution in [0.3, 0.4) is 0 Å². The van der Waals surface area contributed by atoms with E-state index in [9.17, 15) is 0 Å². The summed E-state index contributed by atoms with van der Waals surface area (Å²) in [4.78, 5) is 4.05. The fourth-order valence-corrected chi connectivity index (χ4v) is 0.770. The number of nitrogens with zero attached hydrogens (tertiary/aromatic N) is 2. The van der Waals surface area contributed by atoms with Gasteiger partial charge in [-0.05, 0) is 0 Å². The number of hydrogen-bond acceptors (Lipinski definition) is 5. The predicted octanol–water partition coefficient (Wildman–Crippen LogP) is -0.333. The predicted molar refractivity (Wildman–Crippen MR) is 42.6 cm³/mol. The van der Waals surface area contributed by atoms with E-state index in [0.29, 0.717) is 24.7 Å². The minimum absolute atomic E-state index is 0.0377. The molecule has 1 rings (SSSR count). The number of aliphatic hydroxyl groups excluding tert-OH is 1. The minimum Gasteiger partial charge on any atom is -0.396 e. The Morgan fingerprint density at radius 1 is 1.67 bits per heavy atom. The average Bonchev–Trinajstić information content (AvgIpc) is 2.52. The first-order valence-corrected chi connectivity index (χ1v) is 3.91. The number of aliphatic hydroxyl groups is 1. The highest BCUT2D eigenvalue weighted by molar-refractivity contribution is 4.92. The van der Waals surface area contributed by atoms with Crippen molar-refractivity contribution in [1.82, 2.24) is 10.1 Å². The summed E-state index contributed by atoms with van der Waals surface area (Å²) >= 11 is 0. The molecule has 0 bridgehead atoms. The maximum atomic E-state index is 8.58. The van der Waals surface area contributed by atoms with Crippen LogP contribution < -0.4 is 5.73 Å². The van der Waals surface area contributed by atoms with E-state index in [4.69, 9.17) is 15.4 Å². The van der Waals surface area contributed by atoms with Gasteiger partial charge in [-0.1, -0.05) is 12.1 Å². The van der Waals surface area contributed by atoms with Gasteiger partial charge in [-0.25, -0.2) is 0 Å². The molecular weight excluding hydrogens is 158 g/mol. The van der Waals surface area contributed by atoms with E-state index in [0.717, 1.165) is 0 Å². The lowest BCUT2D eigenvalue weighted by atomic mass is 10.2. The summed E-state index contributed by atoms with van der Waals surface area (Å²) < 4.78 is 4.92. The molecule has 0 spiro atoms. The van der Waals surface area contributed by atoms with E-state index in [1.165, 1.54) is 0 Å². The highest BCUT2D eigenvalue weighted by atomic mass is 16.5. The van der Waals surface area contributed by atoms with E-state index >= 15 is 0 Å². The standard InChI is InChI=1S/C7H13N3O2/c1-5(4-8)7-9-6(2-3-11)10-12-7/h5,11H,2-4,8H2,1H3. The van der Waals surface area contributed by atoms with Gasteiger partial charge in [-0.15, -0.1) is 0 Å². The first-order valence-electron chi connectivity index (χ1n) is 3.91. The first-order chi connectivity index (χ1) is 5.77. The molecule has 1 aromatic rings. The average molecular weight is 171 g/mol. The van der Waals surface area contributed by atoms with E-state index in [2.05, 4.69) is 10.1 Å². The molecular formula is C7H13N3O2. The summed E-state index contributed by atoms with van der Waals surface area (Å²) in [6.07, 6.45) is 0.431. The van der Waals surface area contributed by atoms with Crippen molar-refractivity contribution in [3.63, 3.8) is 0 Å². The molecule has 0 saturated carbocycles. The Balaban J connectivity index is 2.63. The van der Waals surface area contributed by atoms with Gasteiger partial charge in [0.1, 0.15) is 0 Å². The fraction of sp³-hybridized carbons (Fsp3) is 0.714. The molecule has 1 heterocycles. The van der Waals surface area contributed by atoms with Crippen molar-refractivity contribution in [2.24, 2.45) is 5.73 Å². The van der Waals surface area contributed by atoms with Crippen LogP contribution in [0.4, 0.5) is 0 Å². The molecule has 1 aromatic heterocycles. The molecule has 3 N–H and O–H groups in total. The van der Waals surface area contributed by atoms with E-state index in [1.54, 1.807) is 0 Å². The van der Waals surface area contributed by atoms with Crippen LogP contribution in [0.15, 0.2) is 4.52 Å². The number of nitrogens with two attached hydrogens (primary N) is 1. The van der Waals surface area contributed by atoms with Gasteiger partial charge < -0.3 is 15.4 Å². The summed E-state index contributed by atoms with van der Waals surface area (Å²) in [6, 6.07) is 0. The van der Waals surface area contributed by atoms with Gasteiger partial charge in [0.15, 0.2) is 5.82 Å². The Labute approximate surface area is 70.6 Å². The van der Waals surface area contributed by atoms with Gasteiger partial charge >= 0.3 is 0 Å². The Morgan fingerprint density at radius 3 is 3.00 bits per heavy atom. The molecule has 0 radical (unpaired) electrons. The Kier molecular flexibility index (Phi) is 3.19. The molecule has 68 valence electrons. The van der Waals surface area contributed by atoms with Crippen LogP contribution in [0.1, 0.15) is 24.6 Å². The summed E-state index contributed by atoms with van der Waals surface area (Å²) in [5.41, 5.74) is 5.41. The lowest BCUT2D eigenvalue weighted by molar-refractivity contribution is 0.292. The second-order valence-electron chi connectivity index (χ2n) is 2.66. The smallest absolute Gasteiger partial charge is 0.230 e. The molecule has 1 unspecified atom stereocenters. The van der Waals surface area contributed by atoms with Crippen LogP contribution in [0, 0.1) is 0 Å². The first kappa shape index (κ1) is 9.15. The third kappa shape index (κ3) is 2.02. The van der Waals surface area contributed by atoms with Crippen LogP contribution in [0.5, 0.6) is 0 Å². The van der Waals surface area contributed by atoms with Crippen LogP contribution in [-0.4, -0.2) is 28.4 Å². The maximum absolute atomic E-state index is 8.58. The van der Waals surface area contributed by atoms with Crippen LogP contribution >= 0.6 is 0 Å². The van der Waals surface area contributed by atoms with Crippen LogP contribution in [-0.2, 0) is 6.42 Å². The third-order valence-electron chi connectivity index (χ3n) is 1.59. The Hall–Kier alpha value is -0.940. The zero-order valence-electron chi connectivity index (χ0n) is 7.03. The summed E-state index contributed by atoms with van der Waals surface area (Å²) in [5, 5.41) is 12.3. The van der Waals surface area contributed by atoms with Crippen molar-refractivity contribution in [2.45, 2.75) is 19.3 Å². The van der Waals surface area contributed by atoms with Crippen LogP contribution in [0.2, 0.25) is 0 Å². The fourth-order valence-electron chi connectivity index (χ4n) is 0.770.